The largest absolute Gasteiger partial charge is 0.484 e. The molecule has 148 valence electrons. The van der Waals surface area contributed by atoms with Gasteiger partial charge in [0.2, 0.25) is 10.0 Å². The van der Waals surface area contributed by atoms with Gasteiger partial charge in [-0.05, 0) is 36.3 Å². The zero-order chi connectivity index (χ0) is 19.9. The van der Waals surface area contributed by atoms with E-state index in [1.807, 2.05) is 18.7 Å². The van der Waals surface area contributed by atoms with Crippen molar-refractivity contribution in [3.05, 3.63) is 30.1 Å². The van der Waals surface area contributed by atoms with Gasteiger partial charge in [-0.15, -0.1) is 4.83 Å². The van der Waals surface area contributed by atoms with E-state index in [-0.39, 0.29) is 28.6 Å². The molecule has 0 aromatic heterocycles. The molecule has 2 atom stereocenters. The zero-order valence-electron chi connectivity index (χ0n) is 15.2. The molecule has 1 aromatic rings. The average Bonchev–Trinajstić information content (AvgIpc) is 2.92. The molecular formula is C18H23FN2O5S. The van der Waals surface area contributed by atoms with Crippen molar-refractivity contribution in [3.63, 3.8) is 0 Å². The SMILES string of the molecule is CC1(C)C2CCC1(CS(=O)(=O)NNC(=O)COc1cccc(F)c1)C(=O)C2. The van der Waals surface area contributed by atoms with Crippen molar-refractivity contribution >= 4 is 21.7 Å². The first kappa shape index (κ1) is 19.8. The molecule has 2 N–H and O–H groups in total. The highest BCUT2D eigenvalue weighted by molar-refractivity contribution is 7.89. The maximum atomic E-state index is 13.1. The fraction of sp³-hybridized carbons (Fsp3) is 0.556. The summed E-state index contributed by atoms with van der Waals surface area (Å²) in [6.45, 7) is 3.40. The Bertz CT molecular complexity index is 870. The van der Waals surface area contributed by atoms with Gasteiger partial charge in [-0.2, -0.15) is 0 Å². The summed E-state index contributed by atoms with van der Waals surface area (Å²) in [5.41, 5.74) is 0.776. The van der Waals surface area contributed by atoms with Crippen molar-refractivity contribution in [1.29, 1.82) is 0 Å². The van der Waals surface area contributed by atoms with Gasteiger partial charge in [-0.1, -0.05) is 19.9 Å². The van der Waals surface area contributed by atoms with Crippen LogP contribution in [0.2, 0.25) is 0 Å². The predicted octanol–water partition coefficient (Wildman–Crippen LogP) is 1.55. The van der Waals surface area contributed by atoms with Gasteiger partial charge in [0.05, 0.1) is 5.75 Å². The number of carbonyl (C=O) groups excluding carboxylic acids is 2. The number of hydrogen-bond acceptors (Lipinski definition) is 5. The minimum Gasteiger partial charge on any atom is -0.484 e. The van der Waals surface area contributed by atoms with E-state index < -0.39 is 33.8 Å². The number of benzene rings is 1. The molecular weight excluding hydrogens is 375 g/mol. The van der Waals surface area contributed by atoms with Crippen molar-refractivity contribution in [2.45, 2.75) is 33.1 Å². The van der Waals surface area contributed by atoms with E-state index in [0.29, 0.717) is 12.8 Å². The Morgan fingerprint density at radius 1 is 1.37 bits per heavy atom. The Hall–Kier alpha value is -2.00. The summed E-state index contributed by atoms with van der Waals surface area (Å²) in [5.74, 6) is -1.26. The van der Waals surface area contributed by atoms with E-state index in [0.717, 1.165) is 12.5 Å². The highest BCUT2D eigenvalue weighted by atomic mass is 32.2. The molecule has 2 aliphatic rings. The summed E-state index contributed by atoms with van der Waals surface area (Å²) in [6.07, 6.45) is 1.79. The van der Waals surface area contributed by atoms with Crippen LogP contribution in [0.3, 0.4) is 0 Å². The molecule has 27 heavy (non-hydrogen) atoms. The van der Waals surface area contributed by atoms with Gasteiger partial charge < -0.3 is 4.74 Å². The lowest BCUT2D eigenvalue weighted by Gasteiger charge is -2.36. The molecule has 3 rings (SSSR count). The Morgan fingerprint density at radius 3 is 2.70 bits per heavy atom. The monoisotopic (exact) mass is 398 g/mol. The lowest BCUT2D eigenvalue weighted by atomic mass is 9.70. The molecule has 2 unspecified atom stereocenters. The third-order valence-corrected chi connectivity index (χ3v) is 7.37. The number of Topliss-reactive ketones (excluding diaryl/α,β-unsaturated/α-hetero) is 1. The standard InChI is InChI=1S/C18H23FN2O5S/c1-17(2)12-6-7-18(17,15(22)8-12)11-27(24,25)21-20-16(23)10-26-14-5-3-4-13(19)9-14/h3-5,9,12,21H,6-8,10-11H2,1-2H3,(H,20,23). The van der Waals surface area contributed by atoms with Crippen LogP contribution in [0.5, 0.6) is 5.75 Å². The highest BCUT2D eigenvalue weighted by Crippen LogP contribution is 2.64. The van der Waals surface area contributed by atoms with Crippen LogP contribution in [-0.2, 0) is 19.6 Å². The molecule has 0 aliphatic heterocycles. The third-order valence-electron chi connectivity index (χ3n) is 6.09. The molecule has 2 aliphatic carbocycles. The molecule has 1 amide bonds. The van der Waals surface area contributed by atoms with Crippen molar-refractivity contribution in [1.82, 2.24) is 10.3 Å². The first-order valence-corrected chi connectivity index (χ1v) is 10.4. The minimum absolute atomic E-state index is 0.0186. The molecule has 2 fully saturated rings. The summed E-state index contributed by atoms with van der Waals surface area (Å²) in [6, 6.07) is 5.25. The molecule has 0 heterocycles. The van der Waals surface area contributed by atoms with E-state index in [4.69, 9.17) is 4.74 Å². The van der Waals surface area contributed by atoms with Crippen LogP contribution in [-0.4, -0.2) is 32.5 Å². The van der Waals surface area contributed by atoms with E-state index >= 15 is 0 Å². The Morgan fingerprint density at radius 2 is 2.11 bits per heavy atom. The fourth-order valence-electron chi connectivity index (χ4n) is 4.35. The lowest BCUT2D eigenvalue weighted by molar-refractivity contribution is -0.128. The van der Waals surface area contributed by atoms with Gasteiger partial charge in [-0.3, -0.25) is 15.0 Å². The van der Waals surface area contributed by atoms with E-state index in [1.54, 1.807) is 0 Å². The highest BCUT2D eigenvalue weighted by Gasteiger charge is 2.65. The maximum absolute atomic E-state index is 13.1. The summed E-state index contributed by atoms with van der Waals surface area (Å²) < 4.78 is 43.1. The molecule has 0 radical (unpaired) electrons. The lowest BCUT2D eigenvalue weighted by Crippen LogP contribution is -2.50. The smallest absolute Gasteiger partial charge is 0.272 e. The predicted molar refractivity (Wildman–Crippen MR) is 95.5 cm³/mol. The van der Waals surface area contributed by atoms with Crippen LogP contribution >= 0.6 is 0 Å². The van der Waals surface area contributed by atoms with Gasteiger partial charge in [0.1, 0.15) is 17.3 Å². The first-order chi connectivity index (χ1) is 12.6. The van der Waals surface area contributed by atoms with Gasteiger partial charge in [0.25, 0.3) is 5.91 Å². The number of hydrogen-bond donors (Lipinski definition) is 2. The number of nitrogens with one attached hydrogen (secondary N) is 2. The Kier molecular flexibility index (Phi) is 5.02. The second-order valence-corrected chi connectivity index (χ2v) is 9.54. The van der Waals surface area contributed by atoms with Gasteiger partial charge in [0.15, 0.2) is 6.61 Å². The normalized spacial score (nSPS) is 26.2. The topological polar surface area (TPSA) is 102 Å². The number of fused-ring (bicyclic) bond motifs is 2. The van der Waals surface area contributed by atoms with Crippen molar-refractivity contribution < 1.29 is 27.1 Å². The van der Waals surface area contributed by atoms with Crippen LogP contribution in [0.4, 0.5) is 4.39 Å². The van der Waals surface area contributed by atoms with Crippen LogP contribution in [0, 0.1) is 22.6 Å². The zero-order valence-corrected chi connectivity index (χ0v) is 16.1. The average molecular weight is 398 g/mol. The second-order valence-electron chi connectivity index (χ2n) is 7.82. The van der Waals surface area contributed by atoms with Crippen LogP contribution in [0.25, 0.3) is 0 Å². The van der Waals surface area contributed by atoms with Crippen molar-refractivity contribution in [2.24, 2.45) is 16.7 Å². The number of ketones is 1. The van der Waals surface area contributed by atoms with Crippen LogP contribution < -0.4 is 15.0 Å². The van der Waals surface area contributed by atoms with E-state index in [1.165, 1.54) is 18.2 Å². The Labute approximate surface area is 157 Å². The second kappa shape index (κ2) is 6.87. The quantitative estimate of drug-likeness (QED) is 0.679. The number of rotatable bonds is 7. The molecule has 0 spiro atoms. The third kappa shape index (κ3) is 3.70. The summed E-state index contributed by atoms with van der Waals surface area (Å²) in [4.78, 5) is 26.3. The van der Waals surface area contributed by atoms with Gasteiger partial charge in [0, 0.05) is 17.9 Å². The maximum Gasteiger partial charge on any atom is 0.272 e. The number of halogens is 1. The minimum atomic E-state index is -3.92. The molecule has 2 saturated carbocycles. The fourth-order valence-corrected chi connectivity index (χ4v) is 6.01. The van der Waals surface area contributed by atoms with E-state index in [9.17, 15) is 22.4 Å². The number of amides is 1. The molecule has 9 heteroatoms. The summed E-state index contributed by atoms with van der Waals surface area (Å²) in [7, 11) is -3.92. The summed E-state index contributed by atoms with van der Waals surface area (Å²) >= 11 is 0. The number of sulfonamides is 1. The van der Waals surface area contributed by atoms with Crippen LogP contribution in [0.1, 0.15) is 33.1 Å². The first-order valence-electron chi connectivity index (χ1n) is 8.76. The molecule has 0 saturated heterocycles. The molecule has 2 bridgehead atoms. The van der Waals surface area contributed by atoms with Gasteiger partial charge in [-0.25, -0.2) is 12.8 Å². The Balaban J connectivity index is 1.56. The molecule has 7 nitrogen and oxygen atoms in total. The van der Waals surface area contributed by atoms with Crippen LogP contribution in [0.15, 0.2) is 24.3 Å². The van der Waals surface area contributed by atoms with Gasteiger partial charge >= 0.3 is 0 Å². The number of hydrazine groups is 1. The summed E-state index contributed by atoms with van der Waals surface area (Å²) in [5, 5.41) is 0. The van der Waals surface area contributed by atoms with E-state index in [2.05, 4.69) is 5.43 Å². The number of carbonyl (C=O) groups is 2. The van der Waals surface area contributed by atoms with Crippen molar-refractivity contribution in [2.75, 3.05) is 12.4 Å². The van der Waals surface area contributed by atoms with Crippen molar-refractivity contribution in [3.8, 4) is 5.75 Å². The number of ether oxygens (including phenoxy) is 1. The molecule has 1 aromatic carbocycles.